The van der Waals surface area contributed by atoms with Crippen LogP contribution in [0.25, 0.3) is 0 Å². The van der Waals surface area contributed by atoms with Gasteiger partial charge in [0.05, 0.1) is 10.8 Å². The van der Waals surface area contributed by atoms with Crippen molar-refractivity contribution in [2.24, 2.45) is 0 Å². The number of hydrogen-bond acceptors (Lipinski definition) is 4. The molecule has 7 heteroatoms. The van der Waals surface area contributed by atoms with E-state index >= 15 is 0 Å². The molecular weight excluding hydrogens is 365 g/mol. The molecule has 0 bridgehead atoms. The van der Waals surface area contributed by atoms with Crippen molar-refractivity contribution in [3.63, 3.8) is 0 Å². The van der Waals surface area contributed by atoms with Crippen molar-refractivity contribution >= 4 is 35.0 Å². The van der Waals surface area contributed by atoms with Crippen LogP contribution in [0.3, 0.4) is 0 Å². The van der Waals surface area contributed by atoms with Gasteiger partial charge in [-0.25, -0.2) is 4.39 Å². The van der Waals surface area contributed by atoms with Crippen molar-refractivity contribution in [3.8, 4) is 11.5 Å². The second-order valence-electron chi connectivity index (χ2n) is 5.61. The van der Waals surface area contributed by atoms with Crippen LogP contribution >= 0.6 is 23.4 Å². The van der Waals surface area contributed by atoms with Gasteiger partial charge in [-0.05, 0) is 42.3 Å². The van der Waals surface area contributed by atoms with Crippen molar-refractivity contribution in [2.75, 3.05) is 24.3 Å². The molecule has 1 aliphatic heterocycles. The predicted octanol–water partition coefficient (Wildman–Crippen LogP) is 4.43. The van der Waals surface area contributed by atoms with Gasteiger partial charge in [-0.3, -0.25) is 4.79 Å². The summed E-state index contributed by atoms with van der Waals surface area (Å²) in [5.41, 5.74) is 1.95. The summed E-state index contributed by atoms with van der Waals surface area (Å²) in [4.78, 5) is 12.0. The Balaban J connectivity index is 1.53. The second-order valence-corrected chi connectivity index (χ2v) is 7.00. The van der Waals surface area contributed by atoms with E-state index in [4.69, 9.17) is 21.1 Å². The van der Waals surface area contributed by atoms with Crippen molar-refractivity contribution in [1.82, 2.24) is 0 Å². The number of benzene rings is 2. The highest BCUT2D eigenvalue weighted by atomic mass is 35.5. The summed E-state index contributed by atoms with van der Waals surface area (Å²) in [5.74, 6) is 1.54. The molecule has 1 N–H and O–H groups in total. The molecule has 2 aromatic rings. The third kappa shape index (κ3) is 4.58. The van der Waals surface area contributed by atoms with E-state index in [2.05, 4.69) is 5.32 Å². The lowest BCUT2D eigenvalue weighted by molar-refractivity contribution is -0.113. The molecule has 0 aliphatic carbocycles. The van der Waals surface area contributed by atoms with Crippen LogP contribution in [-0.4, -0.2) is 24.9 Å². The van der Waals surface area contributed by atoms with E-state index in [1.54, 1.807) is 19.1 Å². The molecule has 0 saturated heterocycles. The smallest absolute Gasteiger partial charge is 0.234 e. The zero-order valence-corrected chi connectivity index (χ0v) is 15.2. The van der Waals surface area contributed by atoms with Gasteiger partial charge in [0.25, 0.3) is 0 Å². The number of thioether (sulfide) groups is 1. The van der Waals surface area contributed by atoms with Crippen LogP contribution in [0.2, 0.25) is 5.02 Å². The van der Waals surface area contributed by atoms with Gasteiger partial charge in [0, 0.05) is 11.4 Å². The molecule has 0 fully saturated rings. The number of ether oxygens (including phenoxy) is 2. The highest BCUT2D eigenvalue weighted by Crippen LogP contribution is 2.39. The van der Waals surface area contributed by atoms with E-state index in [1.165, 1.54) is 17.8 Å². The topological polar surface area (TPSA) is 47.6 Å². The summed E-state index contributed by atoms with van der Waals surface area (Å²) in [6.45, 7) is 2.66. The van der Waals surface area contributed by atoms with E-state index in [0.717, 1.165) is 5.56 Å². The van der Waals surface area contributed by atoms with E-state index < -0.39 is 0 Å². The van der Waals surface area contributed by atoms with Crippen LogP contribution in [-0.2, 0) is 10.5 Å². The SMILES string of the molecule is Cc1ccc(NC(=O)CSCc2cc(Cl)c3c(c2)OCCO3)cc1F. The number of nitrogens with one attached hydrogen (secondary N) is 1. The number of amides is 1. The Labute approximate surface area is 154 Å². The van der Waals surface area contributed by atoms with Crippen LogP contribution in [0.5, 0.6) is 11.5 Å². The normalized spacial score (nSPS) is 12.8. The van der Waals surface area contributed by atoms with Gasteiger partial charge in [0.2, 0.25) is 5.91 Å². The Kier molecular flexibility index (Phi) is 5.71. The number of carbonyl (C=O) groups is 1. The van der Waals surface area contributed by atoms with Gasteiger partial charge in [-0.2, -0.15) is 0 Å². The number of anilines is 1. The Bertz CT molecular complexity index is 800. The zero-order chi connectivity index (χ0) is 17.8. The van der Waals surface area contributed by atoms with E-state index in [0.29, 0.717) is 46.7 Å². The number of rotatable bonds is 5. The molecular formula is C18H17ClFNO3S. The highest BCUT2D eigenvalue weighted by molar-refractivity contribution is 7.99. The second kappa shape index (κ2) is 7.97. The van der Waals surface area contributed by atoms with Crippen LogP contribution in [0.15, 0.2) is 30.3 Å². The maximum Gasteiger partial charge on any atom is 0.234 e. The fraction of sp³-hybridized carbons (Fsp3) is 0.278. The molecule has 1 amide bonds. The van der Waals surface area contributed by atoms with Crippen LogP contribution in [0.4, 0.5) is 10.1 Å². The number of aryl methyl sites for hydroxylation is 1. The molecule has 3 rings (SSSR count). The lowest BCUT2D eigenvalue weighted by Gasteiger charge is -2.20. The van der Waals surface area contributed by atoms with Crippen molar-refractivity contribution in [2.45, 2.75) is 12.7 Å². The van der Waals surface area contributed by atoms with Gasteiger partial charge in [0.1, 0.15) is 19.0 Å². The standard InChI is InChI=1S/C18H17ClFNO3S/c1-11-2-3-13(8-15(11)20)21-17(22)10-25-9-12-6-14(19)18-16(7-12)23-4-5-24-18/h2-3,6-8H,4-5,9-10H2,1H3,(H,21,22). The molecule has 4 nitrogen and oxygen atoms in total. The summed E-state index contributed by atoms with van der Waals surface area (Å²) in [5, 5.41) is 3.19. The quantitative estimate of drug-likeness (QED) is 0.832. The molecule has 1 heterocycles. The first kappa shape index (κ1) is 17.9. The minimum atomic E-state index is -0.337. The summed E-state index contributed by atoms with van der Waals surface area (Å²) < 4.78 is 24.5. The van der Waals surface area contributed by atoms with Crippen molar-refractivity contribution < 1.29 is 18.7 Å². The van der Waals surface area contributed by atoms with Crippen LogP contribution in [0.1, 0.15) is 11.1 Å². The number of hydrogen-bond donors (Lipinski definition) is 1. The molecule has 0 spiro atoms. The van der Waals surface area contributed by atoms with Crippen LogP contribution in [0, 0.1) is 12.7 Å². The maximum atomic E-state index is 13.5. The average molecular weight is 382 g/mol. The van der Waals surface area contributed by atoms with Gasteiger partial charge < -0.3 is 14.8 Å². The van der Waals surface area contributed by atoms with E-state index in [-0.39, 0.29) is 17.5 Å². The summed E-state index contributed by atoms with van der Waals surface area (Å²) in [6, 6.07) is 8.32. The van der Waals surface area contributed by atoms with Gasteiger partial charge in [-0.1, -0.05) is 17.7 Å². The Morgan fingerprint density at radius 2 is 2.08 bits per heavy atom. The zero-order valence-electron chi connectivity index (χ0n) is 13.6. The molecule has 0 atom stereocenters. The summed E-state index contributed by atoms with van der Waals surface area (Å²) >= 11 is 7.63. The maximum absolute atomic E-state index is 13.5. The lowest BCUT2D eigenvalue weighted by atomic mass is 10.2. The Morgan fingerprint density at radius 3 is 2.88 bits per heavy atom. The molecule has 0 saturated carbocycles. The first-order valence-electron chi connectivity index (χ1n) is 7.74. The summed E-state index contributed by atoms with van der Waals surface area (Å²) in [7, 11) is 0. The number of fused-ring (bicyclic) bond motifs is 1. The van der Waals surface area contributed by atoms with E-state index in [9.17, 15) is 9.18 Å². The molecule has 132 valence electrons. The minimum Gasteiger partial charge on any atom is -0.486 e. The molecule has 2 aromatic carbocycles. The third-order valence-corrected chi connectivity index (χ3v) is 4.90. The fourth-order valence-electron chi connectivity index (χ4n) is 2.38. The lowest BCUT2D eigenvalue weighted by Crippen LogP contribution is -2.16. The Hall–Kier alpha value is -1.92. The minimum absolute atomic E-state index is 0.183. The number of carbonyl (C=O) groups excluding carboxylic acids is 1. The fourth-order valence-corrected chi connectivity index (χ4v) is 3.43. The third-order valence-electron chi connectivity index (χ3n) is 3.61. The molecule has 1 aliphatic rings. The van der Waals surface area contributed by atoms with Gasteiger partial charge >= 0.3 is 0 Å². The predicted molar refractivity (Wildman–Crippen MR) is 98.4 cm³/mol. The molecule has 25 heavy (non-hydrogen) atoms. The van der Waals surface area contributed by atoms with E-state index in [1.807, 2.05) is 12.1 Å². The molecule has 0 radical (unpaired) electrons. The van der Waals surface area contributed by atoms with Gasteiger partial charge in [0.15, 0.2) is 11.5 Å². The number of halogens is 2. The first-order valence-corrected chi connectivity index (χ1v) is 9.28. The van der Waals surface area contributed by atoms with Crippen LogP contribution < -0.4 is 14.8 Å². The van der Waals surface area contributed by atoms with Gasteiger partial charge in [-0.15, -0.1) is 11.8 Å². The molecule has 0 aromatic heterocycles. The average Bonchev–Trinajstić information content (AvgIpc) is 2.58. The first-order chi connectivity index (χ1) is 12.0. The Morgan fingerprint density at radius 1 is 1.28 bits per heavy atom. The van der Waals surface area contributed by atoms with Crippen molar-refractivity contribution in [1.29, 1.82) is 0 Å². The largest absolute Gasteiger partial charge is 0.486 e. The highest BCUT2D eigenvalue weighted by Gasteiger charge is 2.16. The summed E-state index contributed by atoms with van der Waals surface area (Å²) in [6.07, 6.45) is 0. The van der Waals surface area contributed by atoms with Crippen molar-refractivity contribution in [3.05, 3.63) is 52.3 Å². The monoisotopic (exact) mass is 381 g/mol. The molecule has 0 unspecified atom stereocenters.